The number of benzene rings is 1. The van der Waals surface area contributed by atoms with Gasteiger partial charge in [0.15, 0.2) is 0 Å². The summed E-state index contributed by atoms with van der Waals surface area (Å²) < 4.78 is 6.58. The van der Waals surface area contributed by atoms with E-state index in [-0.39, 0.29) is 23.9 Å². The van der Waals surface area contributed by atoms with Crippen LogP contribution in [-0.2, 0) is 11.3 Å². The van der Waals surface area contributed by atoms with Gasteiger partial charge in [-0.25, -0.2) is 4.79 Å². The van der Waals surface area contributed by atoms with Gasteiger partial charge in [-0.15, -0.1) is 0 Å². The number of hydrogen-bond acceptors (Lipinski definition) is 4. The first-order valence-electron chi connectivity index (χ1n) is 6.83. The Labute approximate surface area is 132 Å². The standard InChI is InChI=1S/C15H20BrNO4/c1-15(2)9-17(7-12(8-18)21-15)6-11-4-3-10(14(19)20)5-13(11)16/h3-5,12,18H,6-9H2,1-2H3,(H,19,20). The lowest BCUT2D eigenvalue weighted by Crippen LogP contribution is -2.53. The molecule has 1 atom stereocenters. The van der Waals surface area contributed by atoms with Gasteiger partial charge in [0, 0.05) is 24.1 Å². The fourth-order valence-electron chi connectivity index (χ4n) is 2.68. The van der Waals surface area contributed by atoms with E-state index in [9.17, 15) is 9.90 Å². The van der Waals surface area contributed by atoms with Gasteiger partial charge < -0.3 is 14.9 Å². The topological polar surface area (TPSA) is 70.0 Å². The quantitative estimate of drug-likeness (QED) is 0.863. The molecule has 2 N–H and O–H groups in total. The largest absolute Gasteiger partial charge is 0.478 e. The van der Waals surface area contributed by atoms with E-state index in [2.05, 4.69) is 20.8 Å². The van der Waals surface area contributed by atoms with Crippen molar-refractivity contribution in [1.29, 1.82) is 0 Å². The van der Waals surface area contributed by atoms with Gasteiger partial charge in [0.25, 0.3) is 0 Å². The molecule has 1 aromatic rings. The van der Waals surface area contributed by atoms with Crippen LogP contribution < -0.4 is 0 Å². The summed E-state index contributed by atoms with van der Waals surface area (Å²) in [6, 6.07) is 5.05. The number of carboxylic acids is 1. The zero-order valence-electron chi connectivity index (χ0n) is 12.2. The molecule has 0 saturated carbocycles. The maximum Gasteiger partial charge on any atom is 0.335 e. The predicted octanol–water partition coefficient (Wildman–Crippen LogP) is 2.12. The molecule has 6 heteroatoms. The van der Waals surface area contributed by atoms with E-state index in [0.717, 1.165) is 16.6 Å². The molecule has 0 aliphatic carbocycles. The Kier molecular flexibility index (Phi) is 5.03. The predicted molar refractivity (Wildman–Crippen MR) is 82.4 cm³/mol. The average Bonchev–Trinajstić information content (AvgIpc) is 2.39. The van der Waals surface area contributed by atoms with E-state index < -0.39 is 5.97 Å². The molecule has 1 fully saturated rings. The summed E-state index contributed by atoms with van der Waals surface area (Å²) in [6.07, 6.45) is -0.189. The molecule has 116 valence electrons. The molecule has 0 spiro atoms. The Morgan fingerprint density at radius 3 is 2.81 bits per heavy atom. The summed E-state index contributed by atoms with van der Waals surface area (Å²) in [5, 5.41) is 18.3. The molecule has 1 aromatic carbocycles. The number of carbonyl (C=O) groups is 1. The van der Waals surface area contributed by atoms with Crippen LogP contribution in [0.25, 0.3) is 0 Å². The second-order valence-corrected chi connectivity index (χ2v) is 6.82. The minimum absolute atomic E-state index is 0.000941. The Bertz CT molecular complexity index is 532. The lowest BCUT2D eigenvalue weighted by molar-refractivity contribution is -0.150. The molecule has 2 rings (SSSR count). The van der Waals surface area contributed by atoms with Crippen LogP contribution >= 0.6 is 15.9 Å². The highest BCUT2D eigenvalue weighted by Gasteiger charge is 2.33. The van der Waals surface area contributed by atoms with E-state index >= 15 is 0 Å². The van der Waals surface area contributed by atoms with Crippen LogP contribution in [0.4, 0.5) is 0 Å². The zero-order chi connectivity index (χ0) is 15.6. The van der Waals surface area contributed by atoms with Gasteiger partial charge in [-0.1, -0.05) is 22.0 Å². The van der Waals surface area contributed by atoms with Crippen molar-refractivity contribution in [2.24, 2.45) is 0 Å². The van der Waals surface area contributed by atoms with Crippen LogP contribution in [0.5, 0.6) is 0 Å². The first-order valence-corrected chi connectivity index (χ1v) is 7.63. The molecule has 21 heavy (non-hydrogen) atoms. The minimum atomic E-state index is -0.935. The number of rotatable bonds is 4. The van der Waals surface area contributed by atoms with Gasteiger partial charge in [0.2, 0.25) is 0 Å². The van der Waals surface area contributed by atoms with E-state index in [0.29, 0.717) is 13.1 Å². The van der Waals surface area contributed by atoms with E-state index in [4.69, 9.17) is 9.84 Å². The summed E-state index contributed by atoms with van der Waals surface area (Å²) in [4.78, 5) is 13.2. The van der Waals surface area contributed by atoms with E-state index in [1.165, 1.54) is 0 Å². The Morgan fingerprint density at radius 2 is 2.24 bits per heavy atom. The molecule has 1 aliphatic rings. The van der Waals surface area contributed by atoms with Gasteiger partial charge >= 0.3 is 5.97 Å². The Morgan fingerprint density at radius 1 is 1.52 bits per heavy atom. The van der Waals surface area contributed by atoms with Crippen molar-refractivity contribution >= 4 is 21.9 Å². The summed E-state index contributed by atoms with van der Waals surface area (Å²) in [5.41, 5.74) is 0.981. The molecule has 0 amide bonds. The van der Waals surface area contributed by atoms with Crippen LogP contribution in [0.2, 0.25) is 0 Å². The number of halogens is 1. The second kappa shape index (κ2) is 6.44. The van der Waals surface area contributed by atoms with Gasteiger partial charge in [-0.2, -0.15) is 0 Å². The summed E-state index contributed by atoms with van der Waals surface area (Å²) in [5.74, 6) is -0.935. The number of hydrogen-bond donors (Lipinski definition) is 2. The maximum atomic E-state index is 10.9. The summed E-state index contributed by atoms with van der Waals surface area (Å²) >= 11 is 3.43. The third kappa shape index (κ3) is 4.26. The highest BCUT2D eigenvalue weighted by atomic mass is 79.9. The van der Waals surface area contributed by atoms with Crippen molar-refractivity contribution < 1.29 is 19.7 Å². The fraction of sp³-hybridized carbons (Fsp3) is 0.533. The Balaban J connectivity index is 2.12. The number of ether oxygens (including phenoxy) is 1. The average molecular weight is 358 g/mol. The van der Waals surface area contributed by atoms with Gasteiger partial charge in [-0.3, -0.25) is 4.90 Å². The van der Waals surface area contributed by atoms with Crippen molar-refractivity contribution in [2.45, 2.75) is 32.1 Å². The minimum Gasteiger partial charge on any atom is -0.478 e. The van der Waals surface area contributed by atoms with Crippen molar-refractivity contribution in [3.8, 4) is 0 Å². The number of aliphatic hydroxyl groups excluding tert-OH is 1. The van der Waals surface area contributed by atoms with Crippen LogP contribution in [0.1, 0.15) is 29.8 Å². The smallest absolute Gasteiger partial charge is 0.335 e. The first kappa shape index (κ1) is 16.4. The number of nitrogens with zero attached hydrogens (tertiary/aromatic N) is 1. The molecule has 1 saturated heterocycles. The second-order valence-electron chi connectivity index (χ2n) is 5.96. The third-order valence-corrected chi connectivity index (χ3v) is 4.19. The first-order chi connectivity index (χ1) is 9.80. The van der Waals surface area contributed by atoms with Crippen LogP contribution in [0, 0.1) is 0 Å². The van der Waals surface area contributed by atoms with Crippen LogP contribution in [-0.4, -0.2) is 52.5 Å². The SMILES string of the molecule is CC1(C)CN(Cc2ccc(C(=O)O)cc2Br)CC(CO)O1. The number of aromatic carboxylic acids is 1. The van der Waals surface area contributed by atoms with Gasteiger partial charge in [-0.05, 0) is 31.5 Å². The van der Waals surface area contributed by atoms with Gasteiger partial charge in [0.05, 0.1) is 23.9 Å². The third-order valence-electron chi connectivity index (χ3n) is 3.45. The number of morpholine rings is 1. The highest BCUT2D eigenvalue weighted by molar-refractivity contribution is 9.10. The fourth-order valence-corrected chi connectivity index (χ4v) is 3.19. The lowest BCUT2D eigenvalue weighted by atomic mass is 10.0. The number of carboxylic acid groups (broad SMARTS) is 1. The normalized spacial score (nSPS) is 22.2. The molecule has 1 aliphatic heterocycles. The molecule has 0 bridgehead atoms. The monoisotopic (exact) mass is 357 g/mol. The molecular weight excluding hydrogens is 338 g/mol. The lowest BCUT2D eigenvalue weighted by Gasteiger charge is -2.42. The van der Waals surface area contributed by atoms with Crippen molar-refractivity contribution in [3.63, 3.8) is 0 Å². The maximum absolute atomic E-state index is 10.9. The molecular formula is C15H20BrNO4. The van der Waals surface area contributed by atoms with E-state index in [1.807, 2.05) is 19.9 Å². The molecule has 0 radical (unpaired) electrons. The molecule has 1 unspecified atom stereocenters. The highest BCUT2D eigenvalue weighted by Crippen LogP contribution is 2.25. The Hall–Kier alpha value is -0.950. The van der Waals surface area contributed by atoms with Gasteiger partial charge in [0.1, 0.15) is 0 Å². The molecule has 0 aromatic heterocycles. The van der Waals surface area contributed by atoms with Crippen LogP contribution in [0.15, 0.2) is 22.7 Å². The number of aliphatic hydroxyl groups is 1. The van der Waals surface area contributed by atoms with Crippen LogP contribution in [0.3, 0.4) is 0 Å². The zero-order valence-corrected chi connectivity index (χ0v) is 13.8. The molecule has 5 nitrogen and oxygen atoms in total. The molecule has 1 heterocycles. The summed E-state index contributed by atoms with van der Waals surface area (Å²) in [6.45, 7) is 6.11. The van der Waals surface area contributed by atoms with Crippen molar-refractivity contribution in [3.05, 3.63) is 33.8 Å². The van der Waals surface area contributed by atoms with Crippen molar-refractivity contribution in [1.82, 2.24) is 4.90 Å². The van der Waals surface area contributed by atoms with E-state index in [1.54, 1.807) is 12.1 Å². The van der Waals surface area contributed by atoms with Crippen molar-refractivity contribution in [2.75, 3.05) is 19.7 Å². The summed E-state index contributed by atoms with van der Waals surface area (Å²) in [7, 11) is 0.